The average molecular weight is 450 g/mol. The number of rotatable bonds is 6. The summed E-state index contributed by atoms with van der Waals surface area (Å²) in [6.45, 7) is -0.0961. The molecule has 1 saturated heterocycles. The Morgan fingerprint density at radius 1 is 1.07 bits per heavy atom. The number of nitrogens with one attached hydrogen (secondary N) is 1. The molecule has 2 aromatic carbocycles. The van der Waals surface area contributed by atoms with E-state index in [1.807, 2.05) is 0 Å². The lowest BCUT2D eigenvalue weighted by Crippen LogP contribution is -2.40. The van der Waals surface area contributed by atoms with E-state index in [0.29, 0.717) is 12.1 Å². The van der Waals surface area contributed by atoms with Crippen LogP contribution in [0.5, 0.6) is 0 Å². The Bertz CT molecular complexity index is 1030. The van der Waals surface area contributed by atoms with Crippen molar-refractivity contribution in [1.82, 2.24) is 4.31 Å². The van der Waals surface area contributed by atoms with Crippen molar-refractivity contribution in [2.24, 2.45) is 0 Å². The van der Waals surface area contributed by atoms with Crippen LogP contribution in [0.3, 0.4) is 0 Å². The smallest absolute Gasteiger partial charge is 0.266 e. The highest BCUT2D eigenvalue weighted by Gasteiger charge is 2.29. The first kappa shape index (κ1) is 22.4. The minimum absolute atomic E-state index is 0.101. The summed E-state index contributed by atoms with van der Waals surface area (Å²) in [5.74, 6) is -3.91. The number of hydrogen-bond acceptors (Lipinski definition) is 4. The molecule has 1 aliphatic heterocycles. The summed E-state index contributed by atoms with van der Waals surface area (Å²) >= 11 is 0. The van der Waals surface area contributed by atoms with E-state index in [1.54, 1.807) is 0 Å². The average Bonchev–Trinajstić information content (AvgIpc) is 2.69. The van der Waals surface area contributed by atoms with Gasteiger partial charge in [-0.1, -0.05) is 0 Å². The normalized spacial score (nSPS) is 16.2. The number of benzene rings is 2. The SMILES string of the molecule is O=S(=O)(c1ccc(F)c(CNc2cc(F)c(F)c(C(F)F)c2)c1)N1CCC(O)CC1. The van der Waals surface area contributed by atoms with E-state index in [-0.39, 0.29) is 48.6 Å². The third-order valence-corrected chi connectivity index (χ3v) is 6.75. The van der Waals surface area contributed by atoms with Gasteiger partial charge in [-0.15, -0.1) is 0 Å². The zero-order valence-electron chi connectivity index (χ0n) is 15.6. The van der Waals surface area contributed by atoms with Gasteiger partial charge in [0.15, 0.2) is 11.6 Å². The van der Waals surface area contributed by atoms with Gasteiger partial charge in [0.1, 0.15) is 5.82 Å². The number of aliphatic hydroxyl groups is 1. The molecule has 0 unspecified atom stereocenters. The van der Waals surface area contributed by atoms with Crippen LogP contribution in [0, 0.1) is 17.5 Å². The molecule has 3 rings (SSSR count). The van der Waals surface area contributed by atoms with E-state index in [2.05, 4.69) is 5.32 Å². The summed E-state index contributed by atoms with van der Waals surface area (Å²) in [6.07, 6.45) is -3.23. The Balaban J connectivity index is 1.81. The fourth-order valence-electron chi connectivity index (χ4n) is 3.15. The fraction of sp³-hybridized carbons (Fsp3) is 0.368. The molecule has 0 radical (unpaired) electrons. The Labute approximate surface area is 170 Å². The summed E-state index contributed by atoms with van der Waals surface area (Å²) in [7, 11) is -3.92. The molecule has 0 amide bonds. The van der Waals surface area contributed by atoms with Crippen molar-refractivity contribution >= 4 is 15.7 Å². The van der Waals surface area contributed by atoms with Crippen LogP contribution in [0.25, 0.3) is 0 Å². The first-order valence-electron chi connectivity index (χ1n) is 9.07. The van der Waals surface area contributed by atoms with Gasteiger partial charge in [0.25, 0.3) is 6.43 Å². The molecule has 0 atom stereocenters. The zero-order valence-corrected chi connectivity index (χ0v) is 16.4. The lowest BCUT2D eigenvalue weighted by atomic mass is 10.1. The number of alkyl halides is 2. The standard InChI is InChI=1S/C19H19F5N2O3S/c20-16-2-1-14(30(28,29)26-5-3-13(27)4-6-26)7-11(16)10-25-12-8-15(19(23)24)18(22)17(21)9-12/h1-2,7-9,13,19,25,27H,3-6,10H2. The molecule has 1 aliphatic rings. The molecule has 0 aromatic heterocycles. The van der Waals surface area contributed by atoms with Gasteiger partial charge in [0, 0.05) is 37.0 Å². The summed E-state index contributed by atoms with van der Waals surface area (Å²) in [5.41, 5.74) is -1.44. The monoisotopic (exact) mass is 450 g/mol. The molecule has 11 heteroatoms. The topological polar surface area (TPSA) is 69.6 Å². The number of halogens is 5. The number of hydrogen-bond donors (Lipinski definition) is 2. The van der Waals surface area contributed by atoms with E-state index >= 15 is 0 Å². The van der Waals surface area contributed by atoms with E-state index in [0.717, 1.165) is 18.2 Å². The molecule has 0 spiro atoms. The van der Waals surface area contributed by atoms with Crippen molar-refractivity contribution in [3.05, 3.63) is 58.9 Å². The summed E-state index contributed by atoms with van der Waals surface area (Å²) < 4.78 is 93.5. The second-order valence-corrected chi connectivity index (χ2v) is 8.84. The highest BCUT2D eigenvalue weighted by Crippen LogP contribution is 2.28. The van der Waals surface area contributed by atoms with Crippen molar-refractivity contribution < 1.29 is 35.5 Å². The Morgan fingerprint density at radius 2 is 1.73 bits per heavy atom. The highest BCUT2D eigenvalue weighted by molar-refractivity contribution is 7.89. The molecule has 0 bridgehead atoms. The van der Waals surface area contributed by atoms with Gasteiger partial charge in [0.05, 0.1) is 16.6 Å². The fourth-order valence-corrected chi connectivity index (χ4v) is 4.67. The molecule has 1 fully saturated rings. The molecular formula is C19H19F5N2O3S. The maximum absolute atomic E-state index is 14.2. The molecule has 1 heterocycles. The summed E-state index contributed by atoms with van der Waals surface area (Å²) in [4.78, 5) is -0.171. The van der Waals surface area contributed by atoms with E-state index in [4.69, 9.17) is 0 Å². The summed E-state index contributed by atoms with van der Waals surface area (Å²) in [6, 6.07) is 4.51. The molecule has 0 saturated carbocycles. The van der Waals surface area contributed by atoms with Crippen LogP contribution in [0.4, 0.5) is 27.6 Å². The minimum Gasteiger partial charge on any atom is -0.393 e. The van der Waals surface area contributed by atoms with Crippen LogP contribution >= 0.6 is 0 Å². The molecule has 0 aliphatic carbocycles. The van der Waals surface area contributed by atoms with Gasteiger partial charge in [-0.3, -0.25) is 0 Å². The lowest BCUT2D eigenvalue weighted by Gasteiger charge is -2.28. The van der Waals surface area contributed by atoms with E-state index in [1.165, 1.54) is 4.31 Å². The Hall–Kier alpha value is -2.24. The predicted molar refractivity (Wildman–Crippen MR) is 99.0 cm³/mol. The maximum atomic E-state index is 14.2. The molecule has 2 aromatic rings. The lowest BCUT2D eigenvalue weighted by molar-refractivity contribution is 0.113. The second kappa shape index (κ2) is 8.86. The molecule has 5 nitrogen and oxygen atoms in total. The second-order valence-electron chi connectivity index (χ2n) is 6.90. The van der Waals surface area contributed by atoms with Crippen LogP contribution in [-0.4, -0.2) is 37.0 Å². The molecule has 2 N–H and O–H groups in total. The van der Waals surface area contributed by atoms with Gasteiger partial charge < -0.3 is 10.4 Å². The molecule has 164 valence electrons. The third-order valence-electron chi connectivity index (χ3n) is 4.85. The third kappa shape index (κ3) is 4.73. The number of anilines is 1. The van der Waals surface area contributed by atoms with Crippen molar-refractivity contribution in [3.63, 3.8) is 0 Å². The quantitative estimate of drug-likeness (QED) is 0.657. The van der Waals surface area contributed by atoms with E-state index in [9.17, 15) is 35.5 Å². The van der Waals surface area contributed by atoms with Crippen molar-refractivity contribution in [2.45, 2.75) is 36.8 Å². The van der Waals surface area contributed by atoms with Gasteiger partial charge in [-0.05, 0) is 37.1 Å². The Morgan fingerprint density at radius 3 is 2.37 bits per heavy atom. The van der Waals surface area contributed by atoms with E-state index < -0.39 is 45.6 Å². The zero-order chi connectivity index (χ0) is 22.1. The summed E-state index contributed by atoms with van der Waals surface area (Å²) in [5, 5.41) is 12.0. The number of nitrogens with zero attached hydrogens (tertiary/aromatic N) is 1. The van der Waals surface area contributed by atoms with Crippen LogP contribution in [0.1, 0.15) is 30.4 Å². The molecular weight excluding hydrogens is 431 g/mol. The number of aliphatic hydroxyl groups excluding tert-OH is 1. The largest absolute Gasteiger partial charge is 0.393 e. The number of piperidine rings is 1. The Kier molecular flexibility index (Phi) is 6.63. The number of sulfonamides is 1. The van der Waals surface area contributed by atoms with Gasteiger partial charge >= 0.3 is 0 Å². The molecule has 30 heavy (non-hydrogen) atoms. The maximum Gasteiger partial charge on any atom is 0.266 e. The predicted octanol–water partition coefficient (Wildman–Crippen LogP) is 3.80. The first-order chi connectivity index (χ1) is 14.1. The minimum atomic E-state index is -3.92. The van der Waals surface area contributed by atoms with Gasteiger partial charge in [0.2, 0.25) is 10.0 Å². The van der Waals surface area contributed by atoms with Crippen molar-refractivity contribution in [1.29, 1.82) is 0 Å². The van der Waals surface area contributed by atoms with Crippen LogP contribution in [0.2, 0.25) is 0 Å². The van der Waals surface area contributed by atoms with Gasteiger partial charge in [-0.25, -0.2) is 30.4 Å². The van der Waals surface area contributed by atoms with Crippen LogP contribution in [-0.2, 0) is 16.6 Å². The van der Waals surface area contributed by atoms with Gasteiger partial charge in [-0.2, -0.15) is 4.31 Å². The van der Waals surface area contributed by atoms with Crippen molar-refractivity contribution in [2.75, 3.05) is 18.4 Å². The van der Waals surface area contributed by atoms with Crippen molar-refractivity contribution in [3.8, 4) is 0 Å². The highest BCUT2D eigenvalue weighted by atomic mass is 32.2. The van der Waals surface area contributed by atoms with Crippen LogP contribution < -0.4 is 5.32 Å². The van der Waals surface area contributed by atoms with Crippen LogP contribution in [0.15, 0.2) is 35.2 Å². The first-order valence-corrected chi connectivity index (χ1v) is 10.5.